The van der Waals surface area contributed by atoms with E-state index in [4.69, 9.17) is 9.15 Å². The molecule has 0 aliphatic carbocycles. The van der Waals surface area contributed by atoms with Crippen molar-refractivity contribution in [2.45, 2.75) is 38.7 Å². The molecule has 8 nitrogen and oxygen atoms in total. The molecule has 0 aliphatic heterocycles. The highest BCUT2D eigenvalue weighted by Crippen LogP contribution is 2.22. The third kappa shape index (κ3) is 5.11. The summed E-state index contributed by atoms with van der Waals surface area (Å²) in [5, 5.41) is 7.88. The minimum atomic E-state index is -3.83. The van der Waals surface area contributed by atoms with Gasteiger partial charge in [-0.1, -0.05) is 23.8 Å². The largest absolute Gasteiger partial charge is 0.452 e. The molecular formula is C21H23N3O5S. The Morgan fingerprint density at radius 1 is 1.07 bits per heavy atom. The lowest BCUT2D eigenvalue weighted by Gasteiger charge is -2.11. The molecule has 0 bridgehead atoms. The first-order chi connectivity index (χ1) is 14.2. The second-order valence-corrected chi connectivity index (χ2v) is 8.78. The van der Waals surface area contributed by atoms with Gasteiger partial charge in [0, 0.05) is 5.56 Å². The molecule has 0 fully saturated rings. The number of esters is 1. The third-order valence-electron chi connectivity index (χ3n) is 4.59. The first-order valence-electron chi connectivity index (χ1n) is 9.32. The van der Waals surface area contributed by atoms with Crippen LogP contribution in [0, 0.1) is 20.8 Å². The number of carbonyl (C=O) groups excluding carboxylic acids is 1. The standard InChI is InChI=1S/C21H23N3O5S/c1-13-5-8-17(9-6-13)21-24-23-20(29-21)16(4)28-19(25)12-22-30(26,27)18-10-7-14(2)15(3)11-18/h5-11,16,22H,12H2,1-4H3. The third-order valence-corrected chi connectivity index (χ3v) is 5.99. The van der Waals surface area contributed by atoms with Crippen LogP contribution in [0.15, 0.2) is 51.8 Å². The van der Waals surface area contributed by atoms with Gasteiger partial charge in [0.15, 0.2) is 6.10 Å². The van der Waals surface area contributed by atoms with Crippen LogP contribution in [0.1, 0.15) is 35.6 Å². The number of carbonyl (C=O) groups is 1. The van der Waals surface area contributed by atoms with Gasteiger partial charge in [-0.05, 0) is 63.1 Å². The second-order valence-electron chi connectivity index (χ2n) is 7.01. The van der Waals surface area contributed by atoms with Crippen molar-refractivity contribution in [2.24, 2.45) is 0 Å². The average Bonchev–Trinajstić information content (AvgIpc) is 3.19. The topological polar surface area (TPSA) is 111 Å². The minimum absolute atomic E-state index is 0.0890. The number of ether oxygens (including phenoxy) is 1. The summed E-state index contributed by atoms with van der Waals surface area (Å²) in [6.45, 7) is 6.73. The van der Waals surface area contributed by atoms with Gasteiger partial charge in [-0.15, -0.1) is 10.2 Å². The number of aryl methyl sites for hydroxylation is 3. The Bertz CT molecular complexity index is 1150. The highest BCUT2D eigenvalue weighted by atomic mass is 32.2. The van der Waals surface area contributed by atoms with E-state index in [-0.39, 0.29) is 10.8 Å². The highest BCUT2D eigenvalue weighted by Gasteiger charge is 2.21. The zero-order chi connectivity index (χ0) is 21.9. The highest BCUT2D eigenvalue weighted by molar-refractivity contribution is 7.89. The molecule has 3 rings (SSSR count). The average molecular weight is 429 g/mol. The van der Waals surface area contributed by atoms with Crippen molar-refractivity contribution in [1.82, 2.24) is 14.9 Å². The van der Waals surface area contributed by atoms with Gasteiger partial charge >= 0.3 is 5.97 Å². The fourth-order valence-electron chi connectivity index (χ4n) is 2.62. The Kier molecular flexibility index (Phi) is 6.33. The van der Waals surface area contributed by atoms with E-state index >= 15 is 0 Å². The molecule has 30 heavy (non-hydrogen) atoms. The monoisotopic (exact) mass is 429 g/mol. The molecule has 0 saturated carbocycles. The first-order valence-corrected chi connectivity index (χ1v) is 10.8. The number of aromatic nitrogens is 2. The number of nitrogens with zero attached hydrogens (tertiary/aromatic N) is 2. The van der Waals surface area contributed by atoms with Crippen LogP contribution >= 0.6 is 0 Å². The van der Waals surface area contributed by atoms with Gasteiger partial charge in [-0.3, -0.25) is 4.79 Å². The van der Waals surface area contributed by atoms with Gasteiger partial charge in [0.2, 0.25) is 15.9 Å². The van der Waals surface area contributed by atoms with E-state index in [0.29, 0.717) is 5.89 Å². The lowest BCUT2D eigenvalue weighted by Crippen LogP contribution is -2.31. The van der Waals surface area contributed by atoms with Crippen LogP contribution < -0.4 is 4.72 Å². The van der Waals surface area contributed by atoms with Gasteiger partial charge in [0.1, 0.15) is 6.54 Å². The van der Waals surface area contributed by atoms with Crippen molar-refractivity contribution in [3.63, 3.8) is 0 Å². The fourth-order valence-corrected chi connectivity index (χ4v) is 3.67. The molecule has 1 heterocycles. The summed E-state index contributed by atoms with van der Waals surface area (Å²) >= 11 is 0. The maximum Gasteiger partial charge on any atom is 0.321 e. The molecule has 1 N–H and O–H groups in total. The predicted octanol–water partition coefficient (Wildman–Crippen LogP) is 3.24. The van der Waals surface area contributed by atoms with Crippen molar-refractivity contribution in [3.05, 3.63) is 65.0 Å². The molecule has 158 valence electrons. The van der Waals surface area contributed by atoms with E-state index in [2.05, 4.69) is 14.9 Å². The number of benzene rings is 2. The Hall–Kier alpha value is -3.04. The molecule has 0 radical (unpaired) electrons. The van der Waals surface area contributed by atoms with E-state index in [0.717, 1.165) is 22.3 Å². The first kappa shape index (κ1) is 21.7. The van der Waals surface area contributed by atoms with E-state index in [1.807, 2.05) is 45.0 Å². The molecule has 0 amide bonds. The van der Waals surface area contributed by atoms with Gasteiger partial charge in [0.05, 0.1) is 4.90 Å². The Morgan fingerprint density at radius 3 is 2.43 bits per heavy atom. The van der Waals surface area contributed by atoms with Gasteiger partial charge < -0.3 is 9.15 Å². The SMILES string of the molecule is Cc1ccc(-c2nnc(C(C)OC(=O)CNS(=O)(=O)c3ccc(C)c(C)c3)o2)cc1. The summed E-state index contributed by atoms with van der Waals surface area (Å²) < 4.78 is 37.8. The Morgan fingerprint density at radius 2 is 1.77 bits per heavy atom. The quantitative estimate of drug-likeness (QED) is 0.574. The normalized spacial score (nSPS) is 12.5. The fraction of sp³-hybridized carbons (Fsp3) is 0.286. The van der Waals surface area contributed by atoms with Crippen molar-refractivity contribution in [1.29, 1.82) is 0 Å². The van der Waals surface area contributed by atoms with Gasteiger partial charge in [-0.25, -0.2) is 8.42 Å². The van der Waals surface area contributed by atoms with Crippen LogP contribution in [0.25, 0.3) is 11.5 Å². The number of hydrogen-bond donors (Lipinski definition) is 1. The van der Waals surface area contributed by atoms with Crippen LogP contribution in [0.5, 0.6) is 0 Å². The van der Waals surface area contributed by atoms with E-state index in [1.54, 1.807) is 19.1 Å². The second kappa shape index (κ2) is 8.76. The summed E-state index contributed by atoms with van der Waals surface area (Å²) in [6.07, 6.45) is -0.824. The lowest BCUT2D eigenvalue weighted by atomic mass is 10.1. The van der Waals surface area contributed by atoms with Crippen LogP contribution in [0.3, 0.4) is 0 Å². The summed E-state index contributed by atoms with van der Waals surface area (Å²) in [7, 11) is -3.83. The van der Waals surface area contributed by atoms with Crippen LogP contribution in [0.2, 0.25) is 0 Å². The zero-order valence-corrected chi connectivity index (χ0v) is 18.0. The molecule has 0 saturated heterocycles. The summed E-state index contributed by atoms with van der Waals surface area (Å²) in [5.41, 5.74) is 3.67. The molecule has 1 atom stereocenters. The van der Waals surface area contributed by atoms with Crippen molar-refractivity contribution in [3.8, 4) is 11.5 Å². The predicted molar refractivity (Wildman–Crippen MR) is 110 cm³/mol. The zero-order valence-electron chi connectivity index (χ0n) is 17.2. The molecule has 1 unspecified atom stereocenters. The minimum Gasteiger partial charge on any atom is -0.452 e. The van der Waals surface area contributed by atoms with E-state index in [1.165, 1.54) is 6.07 Å². The maximum atomic E-state index is 12.4. The van der Waals surface area contributed by atoms with Gasteiger partial charge in [-0.2, -0.15) is 4.72 Å². The number of sulfonamides is 1. The molecule has 9 heteroatoms. The van der Waals surface area contributed by atoms with E-state index < -0.39 is 28.6 Å². The Balaban J connectivity index is 1.59. The molecule has 1 aromatic heterocycles. The molecule has 0 spiro atoms. The summed E-state index contributed by atoms with van der Waals surface area (Å²) in [6, 6.07) is 12.3. The molecular weight excluding hydrogens is 406 g/mol. The van der Waals surface area contributed by atoms with Crippen molar-refractivity contribution in [2.75, 3.05) is 6.54 Å². The van der Waals surface area contributed by atoms with Crippen molar-refractivity contribution < 1.29 is 22.4 Å². The number of rotatable bonds is 7. The van der Waals surface area contributed by atoms with Gasteiger partial charge in [0.25, 0.3) is 5.89 Å². The van der Waals surface area contributed by atoms with Crippen LogP contribution in [-0.4, -0.2) is 31.1 Å². The lowest BCUT2D eigenvalue weighted by molar-refractivity contribution is -0.148. The molecule has 0 aliphatic rings. The molecule has 3 aromatic rings. The Labute approximate surface area is 175 Å². The smallest absolute Gasteiger partial charge is 0.321 e. The summed E-state index contributed by atoms with van der Waals surface area (Å²) in [5.74, 6) is -0.329. The number of hydrogen-bond acceptors (Lipinski definition) is 7. The van der Waals surface area contributed by atoms with Crippen LogP contribution in [0.4, 0.5) is 0 Å². The number of nitrogens with one attached hydrogen (secondary N) is 1. The molecule has 2 aromatic carbocycles. The van der Waals surface area contributed by atoms with Crippen LogP contribution in [-0.2, 0) is 19.6 Å². The maximum absolute atomic E-state index is 12.4. The summed E-state index contributed by atoms with van der Waals surface area (Å²) in [4.78, 5) is 12.2. The van der Waals surface area contributed by atoms with E-state index in [9.17, 15) is 13.2 Å². The van der Waals surface area contributed by atoms with Crippen molar-refractivity contribution >= 4 is 16.0 Å².